The number of nitrogens with one attached hydrogen (secondary N) is 1. The standard InChI is InChI=1S/C14H27NO2/c1-10-5-6-12(17-10)13-11(14(13,2)3)9-15-7-8-16-4/h10-13,15H,5-9H2,1-4H3. The van der Waals surface area contributed by atoms with Gasteiger partial charge in [-0.1, -0.05) is 13.8 Å². The maximum absolute atomic E-state index is 6.03. The molecule has 0 aromatic rings. The fourth-order valence-corrected chi connectivity index (χ4v) is 3.44. The molecule has 1 saturated heterocycles. The summed E-state index contributed by atoms with van der Waals surface area (Å²) in [5, 5.41) is 3.49. The zero-order valence-corrected chi connectivity index (χ0v) is 11.7. The maximum atomic E-state index is 6.03. The SMILES string of the molecule is COCCNCC1C(C2CCC(C)O2)C1(C)C. The molecule has 4 unspecified atom stereocenters. The maximum Gasteiger partial charge on any atom is 0.0616 e. The van der Waals surface area contributed by atoms with Crippen LogP contribution in [-0.2, 0) is 9.47 Å². The van der Waals surface area contributed by atoms with Crippen LogP contribution in [-0.4, -0.2) is 39.0 Å². The van der Waals surface area contributed by atoms with E-state index in [1.54, 1.807) is 7.11 Å². The number of rotatable bonds is 6. The third-order valence-corrected chi connectivity index (χ3v) is 4.65. The van der Waals surface area contributed by atoms with Crippen molar-refractivity contribution < 1.29 is 9.47 Å². The minimum atomic E-state index is 0.453. The molecule has 0 aromatic carbocycles. The third kappa shape index (κ3) is 2.83. The summed E-state index contributed by atoms with van der Waals surface area (Å²) in [4.78, 5) is 0. The molecule has 0 aromatic heterocycles. The first-order valence-electron chi connectivity index (χ1n) is 6.92. The Kier molecular flexibility index (Phi) is 4.11. The molecule has 1 saturated carbocycles. The van der Waals surface area contributed by atoms with E-state index in [4.69, 9.17) is 9.47 Å². The summed E-state index contributed by atoms with van der Waals surface area (Å²) >= 11 is 0. The van der Waals surface area contributed by atoms with Gasteiger partial charge < -0.3 is 14.8 Å². The lowest BCUT2D eigenvalue weighted by molar-refractivity contribution is 0.0339. The van der Waals surface area contributed by atoms with Gasteiger partial charge in [-0.05, 0) is 43.6 Å². The molecule has 0 amide bonds. The molecular formula is C14H27NO2. The highest BCUT2D eigenvalue weighted by atomic mass is 16.5. The van der Waals surface area contributed by atoms with Gasteiger partial charge in [-0.15, -0.1) is 0 Å². The first-order valence-corrected chi connectivity index (χ1v) is 6.92. The Morgan fingerprint density at radius 1 is 1.35 bits per heavy atom. The van der Waals surface area contributed by atoms with Gasteiger partial charge in [0.2, 0.25) is 0 Å². The van der Waals surface area contributed by atoms with Crippen molar-refractivity contribution in [3.63, 3.8) is 0 Å². The molecule has 0 radical (unpaired) electrons. The quantitative estimate of drug-likeness (QED) is 0.722. The van der Waals surface area contributed by atoms with Crippen LogP contribution in [0, 0.1) is 17.3 Å². The number of methoxy groups -OCH3 is 1. The third-order valence-electron chi connectivity index (χ3n) is 4.65. The van der Waals surface area contributed by atoms with Gasteiger partial charge in [0.05, 0.1) is 18.8 Å². The second-order valence-electron chi connectivity index (χ2n) is 6.21. The molecule has 1 aliphatic carbocycles. The summed E-state index contributed by atoms with van der Waals surface area (Å²) in [6.07, 6.45) is 3.47. The van der Waals surface area contributed by atoms with Crippen molar-refractivity contribution in [2.24, 2.45) is 17.3 Å². The van der Waals surface area contributed by atoms with Crippen molar-refractivity contribution in [2.45, 2.75) is 45.8 Å². The summed E-state index contributed by atoms with van der Waals surface area (Å²) in [6.45, 7) is 9.82. The van der Waals surface area contributed by atoms with E-state index in [0.717, 1.165) is 31.5 Å². The van der Waals surface area contributed by atoms with Crippen LogP contribution in [0.25, 0.3) is 0 Å². The van der Waals surface area contributed by atoms with Crippen LogP contribution in [0.2, 0.25) is 0 Å². The Hall–Kier alpha value is -0.120. The molecule has 4 atom stereocenters. The molecule has 100 valence electrons. The largest absolute Gasteiger partial charge is 0.383 e. The van der Waals surface area contributed by atoms with Crippen LogP contribution in [0.1, 0.15) is 33.6 Å². The Bertz CT molecular complexity index is 255. The van der Waals surface area contributed by atoms with Crippen LogP contribution in [0.3, 0.4) is 0 Å². The van der Waals surface area contributed by atoms with Gasteiger partial charge in [-0.3, -0.25) is 0 Å². The second kappa shape index (κ2) is 5.25. The van der Waals surface area contributed by atoms with E-state index < -0.39 is 0 Å². The molecule has 2 rings (SSSR count). The van der Waals surface area contributed by atoms with Crippen molar-refractivity contribution in [1.29, 1.82) is 0 Å². The van der Waals surface area contributed by atoms with Gasteiger partial charge in [0.25, 0.3) is 0 Å². The van der Waals surface area contributed by atoms with Gasteiger partial charge in [-0.25, -0.2) is 0 Å². The lowest BCUT2D eigenvalue weighted by Gasteiger charge is -2.12. The first-order chi connectivity index (χ1) is 8.07. The first kappa shape index (κ1) is 13.3. The zero-order chi connectivity index (χ0) is 12.5. The number of hydrogen-bond donors (Lipinski definition) is 1. The molecule has 1 heterocycles. The molecule has 2 fully saturated rings. The normalized spacial score (nSPS) is 39.5. The number of ether oxygens (including phenoxy) is 2. The van der Waals surface area contributed by atoms with Gasteiger partial charge in [-0.2, -0.15) is 0 Å². The fraction of sp³-hybridized carbons (Fsp3) is 1.00. The van der Waals surface area contributed by atoms with E-state index in [0.29, 0.717) is 17.6 Å². The molecule has 17 heavy (non-hydrogen) atoms. The smallest absolute Gasteiger partial charge is 0.0616 e. The summed E-state index contributed by atoms with van der Waals surface area (Å²) < 4.78 is 11.1. The Labute approximate surface area is 105 Å². The second-order valence-corrected chi connectivity index (χ2v) is 6.21. The fourth-order valence-electron chi connectivity index (χ4n) is 3.44. The van der Waals surface area contributed by atoms with Crippen LogP contribution in [0.5, 0.6) is 0 Å². The van der Waals surface area contributed by atoms with Crippen molar-refractivity contribution in [1.82, 2.24) is 5.32 Å². The van der Waals surface area contributed by atoms with Crippen LogP contribution >= 0.6 is 0 Å². The van der Waals surface area contributed by atoms with E-state index in [1.807, 2.05) is 0 Å². The van der Waals surface area contributed by atoms with Crippen LogP contribution < -0.4 is 5.32 Å². The Morgan fingerprint density at radius 2 is 2.12 bits per heavy atom. The van der Waals surface area contributed by atoms with E-state index >= 15 is 0 Å². The van der Waals surface area contributed by atoms with Crippen LogP contribution in [0.4, 0.5) is 0 Å². The molecule has 1 N–H and O–H groups in total. The van der Waals surface area contributed by atoms with Crippen molar-refractivity contribution in [2.75, 3.05) is 26.8 Å². The highest BCUT2D eigenvalue weighted by Gasteiger charge is 2.61. The zero-order valence-electron chi connectivity index (χ0n) is 11.7. The lowest BCUT2D eigenvalue weighted by Crippen LogP contribution is -2.23. The van der Waals surface area contributed by atoms with Gasteiger partial charge in [0, 0.05) is 13.7 Å². The van der Waals surface area contributed by atoms with Gasteiger partial charge in [0.15, 0.2) is 0 Å². The topological polar surface area (TPSA) is 30.5 Å². The van der Waals surface area contributed by atoms with Crippen molar-refractivity contribution in [3.05, 3.63) is 0 Å². The van der Waals surface area contributed by atoms with E-state index in [-0.39, 0.29) is 0 Å². The van der Waals surface area contributed by atoms with Gasteiger partial charge >= 0.3 is 0 Å². The molecule has 3 nitrogen and oxygen atoms in total. The molecule has 3 heteroatoms. The van der Waals surface area contributed by atoms with Gasteiger partial charge in [0.1, 0.15) is 0 Å². The number of hydrogen-bond acceptors (Lipinski definition) is 3. The Balaban J connectivity index is 1.76. The van der Waals surface area contributed by atoms with Crippen molar-refractivity contribution >= 4 is 0 Å². The van der Waals surface area contributed by atoms with Crippen LogP contribution in [0.15, 0.2) is 0 Å². The monoisotopic (exact) mass is 241 g/mol. The average molecular weight is 241 g/mol. The average Bonchev–Trinajstić information content (AvgIpc) is 2.60. The summed E-state index contributed by atoms with van der Waals surface area (Å²) in [5.74, 6) is 1.53. The van der Waals surface area contributed by atoms with E-state index in [2.05, 4.69) is 26.1 Å². The lowest BCUT2D eigenvalue weighted by atomic mass is 10.0. The van der Waals surface area contributed by atoms with E-state index in [9.17, 15) is 0 Å². The summed E-state index contributed by atoms with van der Waals surface area (Å²) in [6, 6.07) is 0. The molecular weight excluding hydrogens is 214 g/mol. The van der Waals surface area contributed by atoms with Crippen molar-refractivity contribution in [3.8, 4) is 0 Å². The predicted octanol–water partition coefficient (Wildman–Crippen LogP) is 2.06. The Morgan fingerprint density at radius 3 is 2.71 bits per heavy atom. The highest BCUT2D eigenvalue weighted by molar-refractivity contribution is 5.10. The highest BCUT2D eigenvalue weighted by Crippen LogP contribution is 2.61. The molecule has 0 bridgehead atoms. The molecule has 0 spiro atoms. The summed E-state index contributed by atoms with van der Waals surface area (Å²) in [5.41, 5.74) is 0.453. The molecule has 2 aliphatic rings. The molecule has 1 aliphatic heterocycles. The minimum Gasteiger partial charge on any atom is -0.383 e. The summed E-state index contributed by atoms with van der Waals surface area (Å²) in [7, 11) is 1.75. The predicted molar refractivity (Wildman–Crippen MR) is 69.1 cm³/mol. The van der Waals surface area contributed by atoms with E-state index in [1.165, 1.54) is 12.8 Å². The minimum absolute atomic E-state index is 0.453.